The summed E-state index contributed by atoms with van der Waals surface area (Å²) in [5, 5.41) is 8.01. The number of ether oxygens (including phenoxy) is 1. The maximum absolute atomic E-state index is 13.0. The van der Waals surface area contributed by atoms with E-state index in [2.05, 4.69) is 22.3 Å². The number of aromatic nitrogens is 2. The average Bonchev–Trinajstić information content (AvgIpc) is 3.38. The number of para-hydroxylation sites is 1. The van der Waals surface area contributed by atoms with Crippen molar-refractivity contribution in [2.75, 3.05) is 19.7 Å². The molecule has 2 aromatic carbocycles. The number of hydrogen-bond donors (Lipinski definition) is 1. The third-order valence-corrected chi connectivity index (χ3v) is 6.14. The van der Waals surface area contributed by atoms with Crippen molar-refractivity contribution in [1.29, 1.82) is 0 Å². The molecular formula is C23H24N4O3. The lowest BCUT2D eigenvalue weighted by atomic mass is 9.99. The molecule has 3 heterocycles. The minimum Gasteiger partial charge on any atom is -0.447 e. The molecule has 2 fully saturated rings. The number of likely N-dealkylation sites (tertiary alicyclic amines) is 1. The summed E-state index contributed by atoms with van der Waals surface area (Å²) in [5.41, 5.74) is 2.52. The molecule has 2 aliphatic rings. The molecule has 2 amide bonds. The molecule has 0 radical (unpaired) electrons. The zero-order valence-corrected chi connectivity index (χ0v) is 16.7. The molecular weight excluding hydrogens is 380 g/mol. The van der Waals surface area contributed by atoms with Crippen LogP contribution in [0.5, 0.6) is 0 Å². The normalized spacial score (nSPS) is 20.0. The highest BCUT2D eigenvalue weighted by Crippen LogP contribution is 2.27. The molecule has 0 saturated carbocycles. The van der Waals surface area contributed by atoms with Gasteiger partial charge in [-0.3, -0.25) is 14.8 Å². The Hall–Kier alpha value is -3.35. The van der Waals surface area contributed by atoms with Gasteiger partial charge in [-0.2, -0.15) is 5.10 Å². The first-order valence-corrected chi connectivity index (χ1v) is 10.4. The molecule has 7 nitrogen and oxygen atoms in total. The van der Waals surface area contributed by atoms with Gasteiger partial charge in [0.25, 0.3) is 5.91 Å². The first-order chi connectivity index (χ1) is 14.7. The zero-order chi connectivity index (χ0) is 20.5. The highest BCUT2D eigenvalue weighted by Gasteiger charge is 2.40. The van der Waals surface area contributed by atoms with Crippen molar-refractivity contribution in [3.8, 4) is 0 Å². The summed E-state index contributed by atoms with van der Waals surface area (Å²) in [6, 6.07) is 18.0. The number of carbonyl (C=O) groups is 2. The maximum atomic E-state index is 13.0. The summed E-state index contributed by atoms with van der Waals surface area (Å²) in [4.78, 5) is 29.2. The summed E-state index contributed by atoms with van der Waals surface area (Å²) in [6.45, 7) is 1.63. The lowest BCUT2D eigenvalue weighted by Gasteiger charge is -2.37. The predicted molar refractivity (Wildman–Crippen MR) is 112 cm³/mol. The molecule has 5 rings (SSSR count). The molecule has 0 unspecified atom stereocenters. The number of benzene rings is 2. The average molecular weight is 404 g/mol. The van der Waals surface area contributed by atoms with Crippen LogP contribution in [-0.4, -0.2) is 63.8 Å². The van der Waals surface area contributed by atoms with E-state index < -0.39 is 0 Å². The third kappa shape index (κ3) is 3.40. The van der Waals surface area contributed by atoms with Gasteiger partial charge >= 0.3 is 6.09 Å². The lowest BCUT2D eigenvalue weighted by Crippen LogP contribution is -2.50. The molecule has 0 bridgehead atoms. The van der Waals surface area contributed by atoms with Gasteiger partial charge in [0.1, 0.15) is 6.61 Å². The number of carbonyl (C=O) groups excluding carboxylic acids is 2. The van der Waals surface area contributed by atoms with Gasteiger partial charge in [-0.1, -0.05) is 48.5 Å². The molecule has 3 aromatic rings. The van der Waals surface area contributed by atoms with Crippen LogP contribution in [0, 0.1) is 0 Å². The monoisotopic (exact) mass is 404 g/mol. The van der Waals surface area contributed by atoms with Crippen molar-refractivity contribution in [2.45, 2.75) is 31.3 Å². The van der Waals surface area contributed by atoms with Crippen LogP contribution in [0.25, 0.3) is 10.9 Å². The van der Waals surface area contributed by atoms with Crippen LogP contribution >= 0.6 is 0 Å². The quantitative estimate of drug-likeness (QED) is 0.724. The van der Waals surface area contributed by atoms with Crippen LogP contribution in [0.2, 0.25) is 0 Å². The van der Waals surface area contributed by atoms with Gasteiger partial charge in [-0.15, -0.1) is 0 Å². The van der Waals surface area contributed by atoms with E-state index in [0.29, 0.717) is 25.4 Å². The lowest BCUT2D eigenvalue weighted by molar-refractivity contribution is 0.0633. The number of rotatable bonds is 4. The molecule has 0 spiro atoms. The van der Waals surface area contributed by atoms with E-state index in [9.17, 15) is 9.59 Å². The van der Waals surface area contributed by atoms with Gasteiger partial charge in [0.2, 0.25) is 0 Å². The number of nitrogens with one attached hydrogen (secondary N) is 1. The smallest absolute Gasteiger partial charge is 0.410 e. The van der Waals surface area contributed by atoms with Crippen molar-refractivity contribution in [3.63, 3.8) is 0 Å². The first-order valence-electron chi connectivity index (χ1n) is 10.4. The number of amides is 2. The number of hydrogen-bond acceptors (Lipinski definition) is 4. The fraction of sp³-hybridized carbons (Fsp3) is 0.348. The fourth-order valence-electron chi connectivity index (χ4n) is 4.59. The van der Waals surface area contributed by atoms with Gasteiger partial charge < -0.3 is 9.64 Å². The van der Waals surface area contributed by atoms with E-state index in [1.54, 1.807) is 0 Å². The molecule has 7 heteroatoms. The van der Waals surface area contributed by atoms with Crippen LogP contribution in [0.3, 0.4) is 0 Å². The van der Waals surface area contributed by atoms with Crippen molar-refractivity contribution in [2.24, 2.45) is 0 Å². The Kier molecular flexibility index (Phi) is 4.86. The van der Waals surface area contributed by atoms with Gasteiger partial charge in [0.15, 0.2) is 5.69 Å². The van der Waals surface area contributed by atoms with Crippen LogP contribution < -0.4 is 0 Å². The van der Waals surface area contributed by atoms with E-state index in [-0.39, 0.29) is 24.1 Å². The summed E-state index contributed by atoms with van der Waals surface area (Å²) in [7, 11) is 0. The second kappa shape index (κ2) is 7.82. The molecule has 2 aliphatic heterocycles. The second-order valence-electron chi connectivity index (χ2n) is 7.97. The van der Waals surface area contributed by atoms with Gasteiger partial charge in [0.05, 0.1) is 11.6 Å². The van der Waals surface area contributed by atoms with E-state index in [0.717, 1.165) is 30.2 Å². The number of aromatic amines is 1. The number of cyclic esters (lactones) is 1. The summed E-state index contributed by atoms with van der Waals surface area (Å²) >= 11 is 0. The predicted octanol–water partition coefficient (Wildman–Crippen LogP) is 3.23. The van der Waals surface area contributed by atoms with E-state index in [1.807, 2.05) is 52.3 Å². The molecule has 30 heavy (non-hydrogen) atoms. The summed E-state index contributed by atoms with van der Waals surface area (Å²) < 4.78 is 5.38. The van der Waals surface area contributed by atoms with Crippen molar-refractivity contribution >= 4 is 22.9 Å². The van der Waals surface area contributed by atoms with Crippen LogP contribution in [0.1, 0.15) is 28.9 Å². The van der Waals surface area contributed by atoms with E-state index in [1.165, 1.54) is 5.56 Å². The van der Waals surface area contributed by atoms with Gasteiger partial charge in [0, 0.05) is 24.5 Å². The molecule has 0 aliphatic carbocycles. The zero-order valence-electron chi connectivity index (χ0n) is 16.7. The summed E-state index contributed by atoms with van der Waals surface area (Å²) in [5.74, 6) is -0.0595. The fourth-order valence-corrected chi connectivity index (χ4v) is 4.59. The van der Waals surface area contributed by atoms with E-state index >= 15 is 0 Å². The number of fused-ring (bicyclic) bond motifs is 1. The van der Waals surface area contributed by atoms with Crippen LogP contribution in [0.4, 0.5) is 4.79 Å². The maximum Gasteiger partial charge on any atom is 0.410 e. The third-order valence-electron chi connectivity index (χ3n) is 6.14. The largest absolute Gasteiger partial charge is 0.447 e. The minimum atomic E-state index is -0.237. The summed E-state index contributed by atoms with van der Waals surface area (Å²) in [6.07, 6.45) is 2.03. The Bertz CT molecular complexity index is 1060. The number of nitrogens with zero attached hydrogens (tertiary/aromatic N) is 3. The highest BCUT2D eigenvalue weighted by molar-refractivity contribution is 6.04. The van der Waals surface area contributed by atoms with Crippen molar-refractivity contribution in [1.82, 2.24) is 20.0 Å². The molecule has 2 saturated heterocycles. The Morgan fingerprint density at radius 3 is 2.60 bits per heavy atom. The molecule has 154 valence electrons. The van der Waals surface area contributed by atoms with E-state index in [4.69, 9.17) is 4.74 Å². The topological polar surface area (TPSA) is 78.5 Å². The minimum absolute atomic E-state index is 0.0439. The standard InChI is InChI=1S/C23H24N4O3/c28-22(21-19-8-4-5-9-20(19)24-25-21)26-12-10-17(11-13-26)27-18(15-30-23(27)29)14-16-6-2-1-3-7-16/h1-9,17-18H,10-15H2,(H,24,25)/t18-/m1/s1. The second-order valence-corrected chi connectivity index (χ2v) is 7.97. The Labute approximate surface area is 174 Å². The Morgan fingerprint density at radius 1 is 1.07 bits per heavy atom. The molecule has 1 N–H and O–H groups in total. The van der Waals surface area contributed by atoms with Crippen LogP contribution in [-0.2, 0) is 11.2 Å². The van der Waals surface area contributed by atoms with Gasteiger partial charge in [-0.05, 0) is 30.9 Å². The molecule has 1 atom stereocenters. The SMILES string of the molecule is O=C(c1n[nH]c2ccccc12)N1CCC(N2C(=O)OC[C@H]2Cc2ccccc2)CC1. The number of H-pyrrole nitrogens is 1. The first kappa shape index (κ1) is 18.7. The molecule has 1 aromatic heterocycles. The van der Waals surface area contributed by atoms with Crippen molar-refractivity contribution in [3.05, 3.63) is 65.9 Å². The highest BCUT2D eigenvalue weighted by atomic mass is 16.6. The van der Waals surface area contributed by atoms with Crippen molar-refractivity contribution < 1.29 is 14.3 Å². The Balaban J connectivity index is 1.25. The van der Waals surface area contributed by atoms with Gasteiger partial charge in [-0.25, -0.2) is 4.79 Å². The van der Waals surface area contributed by atoms with Crippen LogP contribution in [0.15, 0.2) is 54.6 Å². The number of piperidine rings is 1. The Morgan fingerprint density at radius 2 is 1.80 bits per heavy atom.